The summed E-state index contributed by atoms with van der Waals surface area (Å²) in [7, 11) is 0. The Kier molecular flexibility index (Phi) is 5.42. The predicted molar refractivity (Wildman–Crippen MR) is 111 cm³/mol. The topological polar surface area (TPSA) is 54.4 Å². The first-order valence-corrected chi connectivity index (χ1v) is 12.1. The molecule has 1 N–H and O–H groups in total. The normalized spacial score (nSPS) is 47.9. The summed E-state index contributed by atoms with van der Waals surface area (Å²) < 4.78 is 0. The van der Waals surface area contributed by atoms with Crippen LogP contribution in [0, 0.1) is 46.3 Å². The average molecular weight is 389 g/mol. The standard InChI is InChI=1S/C25H40O3/c1-4-17-18-9-5-6-14-25(18,3)20-13-15-24(2)16(8-7-10-21(26)27)11-12-19(24)22(20)23(17)28/h16-20,22H,4-15H2,1-3H3,(H,26,27). The van der Waals surface area contributed by atoms with Crippen molar-refractivity contribution in [1.29, 1.82) is 0 Å². The zero-order valence-corrected chi connectivity index (χ0v) is 18.2. The quantitative estimate of drug-likeness (QED) is 0.618. The van der Waals surface area contributed by atoms with E-state index in [1.807, 2.05) is 0 Å². The number of fused-ring (bicyclic) bond motifs is 5. The van der Waals surface area contributed by atoms with Crippen LogP contribution >= 0.6 is 0 Å². The number of hydrogen-bond donors (Lipinski definition) is 1. The van der Waals surface area contributed by atoms with Crippen LogP contribution in [0.2, 0.25) is 0 Å². The molecule has 4 aliphatic rings. The van der Waals surface area contributed by atoms with Crippen LogP contribution in [0.5, 0.6) is 0 Å². The van der Waals surface area contributed by atoms with E-state index in [0.29, 0.717) is 47.2 Å². The molecule has 0 bridgehead atoms. The third-order valence-corrected chi connectivity index (χ3v) is 10.2. The monoisotopic (exact) mass is 388 g/mol. The van der Waals surface area contributed by atoms with E-state index < -0.39 is 5.97 Å². The number of carboxylic acid groups (broad SMARTS) is 1. The van der Waals surface area contributed by atoms with E-state index in [1.165, 1.54) is 51.4 Å². The minimum Gasteiger partial charge on any atom is -0.481 e. The molecule has 0 aromatic carbocycles. The van der Waals surface area contributed by atoms with E-state index in [0.717, 1.165) is 19.3 Å². The highest BCUT2D eigenvalue weighted by Gasteiger charge is 2.63. The van der Waals surface area contributed by atoms with Crippen molar-refractivity contribution in [2.75, 3.05) is 0 Å². The number of ketones is 1. The Morgan fingerprint density at radius 1 is 1.00 bits per heavy atom. The minimum atomic E-state index is -0.673. The van der Waals surface area contributed by atoms with Crippen LogP contribution in [0.4, 0.5) is 0 Å². The van der Waals surface area contributed by atoms with E-state index >= 15 is 0 Å². The summed E-state index contributed by atoms with van der Waals surface area (Å²) >= 11 is 0. The van der Waals surface area contributed by atoms with Crippen LogP contribution in [-0.4, -0.2) is 16.9 Å². The number of Topliss-reactive ketones (excluding diaryl/α,β-unsaturated/α-hetero) is 1. The fourth-order valence-corrected chi connectivity index (χ4v) is 8.80. The van der Waals surface area contributed by atoms with Crippen molar-refractivity contribution in [3.63, 3.8) is 0 Å². The molecule has 158 valence electrons. The number of carbonyl (C=O) groups is 2. The Bertz CT molecular complexity index is 627. The molecule has 4 saturated carbocycles. The smallest absolute Gasteiger partial charge is 0.303 e. The Morgan fingerprint density at radius 2 is 1.75 bits per heavy atom. The lowest BCUT2D eigenvalue weighted by Gasteiger charge is -2.61. The number of hydrogen-bond acceptors (Lipinski definition) is 2. The van der Waals surface area contributed by atoms with Gasteiger partial charge in [-0.2, -0.15) is 0 Å². The van der Waals surface area contributed by atoms with Crippen molar-refractivity contribution >= 4 is 11.8 Å². The summed E-state index contributed by atoms with van der Waals surface area (Å²) in [6.45, 7) is 7.24. The molecule has 0 aromatic heterocycles. The molecule has 0 aromatic rings. The van der Waals surface area contributed by atoms with Gasteiger partial charge >= 0.3 is 5.97 Å². The molecule has 8 atom stereocenters. The third-order valence-electron chi connectivity index (χ3n) is 10.2. The Hall–Kier alpha value is -0.860. The molecular formula is C25H40O3. The van der Waals surface area contributed by atoms with Crippen molar-refractivity contribution in [2.45, 2.75) is 97.8 Å². The van der Waals surface area contributed by atoms with Gasteiger partial charge in [-0.3, -0.25) is 9.59 Å². The molecule has 4 fully saturated rings. The van der Waals surface area contributed by atoms with Gasteiger partial charge in [-0.15, -0.1) is 0 Å². The van der Waals surface area contributed by atoms with Crippen LogP contribution in [-0.2, 0) is 9.59 Å². The van der Waals surface area contributed by atoms with Gasteiger partial charge in [0.1, 0.15) is 5.78 Å². The highest BCUT2D eigenvalue weighted by atomic mass is 16.4. The minimum absolute atomic E-state index is 0.255. The van der Waals surface area contributed by atoms with E-state index in [4.69, 9.17) is 5.11 Å². The molecule has 3 nitrogen and oxygen atoms in total. The van der Waals surface area contributed by atoms with Gasteiger partial charge in [0, 0.05) is 18.3 Å². The van der Waals surface area contributed by atoms with Crippen LogP contribution in [0.1, 0.15) is 97.8 Å². The fraction of sp³-hybridized carbons (Fsp3) is 0.920. The molecule has 3 heteroatoms. The summed E-state index contributed by atoms with van der Waals surface area (Å²) in [6.07, 6.45) is 13.3. The van der Waals surface area contributed by atoms with Gasteiger partial charge in [-0.05, 0) is 92.3 Å². The molecule has 28 heavy (non-hydrogen) atoms. The van der Waals surface area contributed by atoms with E-state index in [2.05, 4.69) is 20.8 Å². The van der Waals surface area contributed by atoms with Gasteiger partial charge in [-0.25, -0.2) is 0 Å². The SMILES string of the molecule is CCC1C(=O)C2C3CCC(CCCC(=O)O)C3(C)CCC2C2(C)CCCCC12. The summed E-state index contributed by atoms with van der Waals surface area (Å²) in [5.41, 5.74) is 0.631. The number of aliphatic carboxylic acids is 1. The van der Waals surface area contributed by atoms with Crippen LogP contribution in [0.3, 0.4) is 0 Å². The summed E-state index contributed by atoms with van der Waals surface area (Å²) in [4.78, 5) is 24.8. The lowest BCUT2D eigenvalue weighted by molar-refractivity contribution is -0.167. The lowest BCUT2D eigenvalue weighted by atomic mass is 9.42. The first kappa shape index (κ1) is 20.4. The first-order chi connectivity index (χ1) is 13.3. The highest BCUT2D eigenvalue weighted by Crippen LogP contribution is 2.68. The molecule has 8 unspecified atom stereocenters. The highest BCUT2D eigenvalue weighted by molar-refractivity contribution is 5.86. The molecule has 4 rings (SSSR count). The maximum atomic E-state index is 13.8. The van der Waals surface area contributed by atoms with Gasteiger partial charge in [0.15, 0.2) is 0 Å². The van der Waals surface area contributed by atoms with Crippen LogP contribution < -0.4 is 0 Å². The molecule has 0 heterocycles. The summed E-state index contributed by atoms with van der Waals surface area (Å²) in [5, 5.41) is 9.02. The van der Waals surface area contributed by atoms with Crippen molar-refractivity contribution in [2.24, 2.45) is 46.3 Å². The van der Waals surface area contributed by atoms with E-state index in [-0.39, 0.29) is 11.3 Å². The van der Waals surface area contributed by atoms with Gasteiger partial charge in [0.25, 0.3) is 0 Å². The molecule has 0 saturated heterocycles. The fourth-order valence-electron chi connectivity index (χ4n) is 8.80. The van der Waals surface area contributed by atoms with Gasteiger partial charge < -0.3 is 5.11 Å². The van der Waals surface area contributed by atoms with Gasteiger partial charge in [0.2, 0.25) is 0 Å². The Labute approximate surface area is 171 Å². The maximum Gasteiger partial charge on any atom is 0.303 e. The molecule has 0 aliphatic heterocycles. The zero-order chi connectivity index (χ0) is 20.1. The number of carbonyl (C=O) groups excluding carboxylic acids is 1. The lowest BCUT2D eigenvalue weighted by Crippen LogP contribution is -2.59. The third kappa shape index (κ3) is 2.98. The first-order valence-electron chi connectivity index (χ1n) is 12.1. The molecule has 0 amide bonds. The molecule has 0 spiro atoms. The second kappa shape index (κ2) is 7.43. The van der Waals surface area contributed by atoms with Crippen molar-refractivity contribution in [1.82, 2.24) is 0 Å². The number of rotatable bonds is 5. The summed E-state index contributed by atoms with van der Waals surface area (Å²) in [6, 6.07) is 0. The van der Waals surface area contributed by atoms with Gasteiger partial charge in [0.05, 0.1) is 0 Å². The predicted octanol–water partition coefficient (Wildman–Crippen LogP) is 6.11. The summed E-state index contributed by atoms with van der Waals surface area (Å²) in [5.74, 6) is 2.91. The second-order valence-corrected chi connectivity index (χ2v) is 11.1. The maximum absolute atomic E-state index is 13.8. The largest absolute Gasteiger partial charge is 0.481 e. The molecule has 4 aliphatic carbocycles. The van der Waals surface area contributed by atoms with Gasteiger partial charge in [-0.1, -0.05) is 33.6 Å². The van der Waals surface area contributed by atoms with E-state index in [9.17, 15) is 9.59 Å². The van der Waals surface area contributed by atoms with Crippen LogP contribution in [0.15, 0.2) is 0 Å². The van der Waals surface area contributed by atoms with Crippen LogP contribution in [0.25, 0.3) is 0 Å². The molecule has 0 radical (unpaired) electrons. The zero-order valence-electron chi connectivity index (χ0n) is 18.2. The van der Waals surface area contributed by atoms with Crippen molar-refractivity contribution < 1.29 is 14.7 Å². The average Bonchev–Trinajstić information content (AvgIpc) is 2.99. The Balaban J connectivity index is 1.59. The second-order valence-electron chi connectivity index (χ2n) is 11.1. The van der Waals surface area contributed by atoms with Crippen molar-refractivity contribution in [3.8, 4) is 0 Å². The van der Waals surface area contributed by atoms with Crippen molar-refractivity contribution in [3.05, 3.63) is 0 Å². The van der Waals surface area contributed by atoms with E-state index in [1.54, 1.807) is 0 Å². The molecular weight excluding hydrogens is 348 g/mol. The Morgan fingerprint density at radius 3 is 2.46 bits per heavy atom. The number of carboxylic acids is 1.